The third-order valence-corrected chi connectivity index (χ3v) is 1.82. The zero-order valence-electron chi connectivity index (χ0n) is 7.90. The van der Waals surface area contributed by atoms with Crippen LogP contribution in [0.1, 0.15) is 27.2 Å². The molecule has 5 heteroatoms. The van der Waals surface area contributed by atoms with Crippen LogP contribution in [0.25, 0.3) is 0 Å². The van der Waals surface area contributed by atoms with Crippen molar-refractivity contribution in [1.82, 2.24) is 5.32 Å². The average Bonchev–Trinajstić information content (AvgIpc) is 1.96. The predicted octanol–water partition coefficient (Wildman–Crippen LogP) is 2.10. The van der Waals surface area contributed by atoms with Crippen LogP contribution in [0.3, 0.4) is 0 Å². The number of halogens is 3. The topological polar surface area (TPSA) is 29.1 Å². The lowest BCUT2D eigenvalue weighted by molar-refractivity contribution is -0.174. The minimum absolute atomic E-state index is 0.0105. The Morgan fingerprint density at radius 1 is 1.38 bits per heavy atom. The summed E-state index contributed by atoms with van der Waals surface area (Å²) in [5.74, 6) is -1.84. The van der Waals surface area contributed by atoms with E-state index in [1.807, 2.05) is 5.32 Å². The molecule has 0 aromatic rings. The number of nitrogens with one attached hydrogen (secondary N) is 1. The van der Waals surface area contributed by atoms with Crippen LogP contribution in [0, 0.1) is 5.92 Å². The second kappa shape index (κ2) is 4.48. The van der Waals surface area contributed by atoms with Gasteiger partial charge in [-0.05, 0) is 12.3 Å². The van der Waals surface area contributed by atoms with Crippen LogP contribution >= 0.6 is 0 Å². The van der Waals surface area contributed by atoms with Gasteiger partial charge in [0.2, 0.25) is 0 Å². The molecular weight excluding hydrogens is 183 g/mol. The second-order valence-electron chi connectivity index (χ2n) is 3.23. The first-order valence-corrected chi connectivity index (χ1v) is 4.16. The Kier molecular flexibility index (Phi) is 4.23. The van der Waals surface area contributed by atoms with Crippen LogP contribution < -0.4 is 5.32 Å². The molecule has 0 fully saturated rings. The number of carbonyl (C=O) groups is 1. The molecule has 1 N–H and O–H groups in total. The quantitative estimate of drug-likeness (QED) is 0.737. The van der Waals surface area contributed by atoms with Gasteiger partial charge in [-0.3, -0.25) is 4.79 Å². The van der Waals surface area contributed by atoms with Gasteiger partial charge < -0.3 is 5.32 Å². The van der Waals surface area contributed by atoms with Crippen LogP contribution in [0.5, 0.6) is 0 Å². The Morgan fingerprint density at radius 3 is 2.08 bits per heavy atom. The number of alkyl halides is 3. The largest absolute Gasteiger partial charge is 0.471 e. The minimum Gasteiger partial charge on any atom is -0.345 e. The summed E-state index contributed by atoms with van der Waals surface area (Å²) >= 11 is 0. The third kappa shape index (κ3) is 4.15. The van der Waals surface area contributed by atoms with Crippen molar-refractivity contribution in [3.05, 3.63) is 0 Å². The maximum absolute atomic E-state index is 11.8. The summed E-state index contributed by atoms with van der Waals surface area (Å²) in [6.07, 6.45) is -4.28. The van der Waals surface area contributed by atoms with Crippen molar-refractivity contribution >= 4 is 5.91 Å². The molecule has 0 heterocycles. The number of carbonyl (C=O) groups excluding carboxylic acids is 1. The molecule has 0 aromatic carbocycles. The molecule has 0 spiro atoms. The number of amides is 1. The van der Waals surface area contributed by atoms with Gasteiger partial charge in [0.1, 0.15) is 0 Å². The summed E-state index contributed by atoms with van der Waals surface area (Å²) in [5, 5.41) is 1.94. The van der Waals surface area contributed by atoms with Crippen LogP contribution in [-0.4, -0.2) is 18.1 Å². The third-order valence-electron chi connectivity index (χ3n) is 1.82. The fourth-order valence-corrected chi connectivity index (χ4v) is 0.990. The van der Waals surface area contributed by atoms with Crippen molar-refractivity contribution < 1.29 is 18.0 Å². The van der Waals surface area contributed by atoms with E-state index >= 15 is 0 Å². The fraction of sp³-hybridized carbons (Fsp3) is 0.875. The van der Waals surface area contributed by atoms with Gasteiger partial charge in [-0.15, -0.1) is 0 Å². The molecular formula is C8H14F3NO. The Labute approximate surface area is 75.5 Å². The molecule has 0 aliphatic carbocycles. The molecule has 0 radical (unpaired) electrons. The molecule has 78 valence electrons. The average molecular weight is 197 g/mol. The Hall–Kier alpha value is -0.740. The molecule has 0 saturated carbocycles. The maximum Gasteiger partial charge on any atom is 0.471 e. The Balaban J connectivity index is 4.18. The van der Waals surface area contributed by atoms with Crippen molar-refractivity contribution in [3.63, 3.8) is 0 Å². The normalized spacial score (nSPS) is 14.4. The molecule has 0 aliphatic rings. The maximum atomic E-state index is 11.8. The van der Waals surface area contributed by atoms with Crippen molar-refractivity contribution in [2.75, 3.05) is 0 Å². The zero-order valence-corrected chi connectivity index (χ0v) is 7.90. The molecule has 0 aromatic heterocycles. The lowest BCUT2D eigenvalue weighted by Gasteiger charge is -2.21. The fourth-order valence-electron chi connectivity index (χ4n) is 0.990. The van der Waals surface area contributed by atoms with Crippen LogP contribution in [0.4, 0.5) is 13.2 Å². The predicted molar refractivity (Wildman–Crippen MR) is 43.1 cm³/mol. The van der Waals surface area contributed by atoms with Crippen molar-refractivity contribution in [2.24, 2.45) is 5.92 Å². The number of hydrogen-bond donors (Lipinski definition) is 1. The van der Waals surface area contributed by atoms with Gasteiger partial charge in [-0.1, -0.05) is 20.8 Å². The van der Waals surface area contributed by atoms with Crippen molar-refractivity contribution in [3.8, 4) is 0 Å². The first-order valence-electron chi connectivity index (χ1n) is 4.16. The smallest absolute Gasteiger partial charge is 0.345 e. The Morgan fingerprint density at radius 2 is 1.85 bits per heavy atom. The molecule has 0 saturated heterocycles. The van der Waals surface area contributed by atoms with E-state index in [0.29, 0.717) is 6.42 Å². The lowest BCUT2D eigenvalue weighted by atomic mass is 10.0. The first kappa shape index (κ1) is 12.3. The lowest BCUT2D eigenvalue weighted by Crippen LogP contribution is -2.45. The summed E-state index contributed by atoms with van der Waals surface area (Å²) in [6.45, 7) is 5.27. The first-order chi connectivity index (χ1) is 5.79. The summed E-state index contributed by atoms with van der Waals surface area (Å²) in [6, 6.07) is -0.408. The van der Waals surface area contributed by atoms with E-state index in [4.69, 9.17) is 0 Å². The molecule has 1 atom stereocenters. The van der Waals surface area contributed by atoms with Crippen molar-refractivity contribution in [1.29, 1.82) is 0 Å². The molecule has 1 amide bonds. The molecule has 0 rings (SSSR count). The minimum atomic E-state index is -4.78. The second-order valence-corrected chi connectivity index (χ2v) is 3.23. The van der Waals surface area contributed by atoms with Gasteiger partial charge in [-0.2, -0.15) is 13.2 Å². The van der Waals surface area contributed by atoms with E-state index in [-0.39, 0.29) is 5.92 Å². The van der Waals surface area contributed by atoms with E-state index in [1.165, 1.54) is 0 Å². The summed E-state index contributed by atoms with van der Waals surface area (Å²) in [7, 11) is 0. The molecule has 0 aliphatic heterocycles. The van der Waals surface area contributed by atoms with Crippen LogP contribution in [-0.2, 0) is 4.79 Å². The van der Waals surface area contributed by atoms with Crippen molar-refractivity contribution in [2.45, 2.75) is 39.4 Å². The zero-order chi connectivity index (χ0) is 10.6. The van der Waals surface area contributed by atoms with Gasteiger partial charge >= 0.3 is 12.1 Å². The van der Waals surface area contributed by atoms with Crippen LogP contribution in [0.15, 0.2) is 0 Å². The molecule has 2 nitrogen and oxygen atoms in total. The molecule has 0 unspecified atom stereocenters. The van der Waals surface area contributed by atoms with Gasteiger partial charge in [0.25, 0.3) is 0 Å². The van der Waals surface area contributed by atoms with E-state index in [9.17, 15) is 18.0 Å². The van der Waals surface area contributed by atoms with Gasteiger partial charge in [0, 0.05) is 6.04 Å². The summed E-state index contributed by atoms with van der Waals surface area (Å²) in [4.78, 5) is 10.5. The molecule has 0 bridgehead atoms. The highest BCUT2D eigenvalue weighted by atomic mass is 19.4. The highest BCUT2D eigenvalue weighted by molar-refractivity contribution is 5.81. The number of rotatable bonds is 3. The van der Waals surface area contributed by atoms with E-state index < -0.39 is 18.1 Å². The SMILES string of the molecule is CC[C@@H](NC(=O)C(F)(F)F)C(C)C. The van der Waals surface area contributed by atoms with Gasteiger partial charge in [0.05, 0.1) is 0 Å². The summed E-state index contributed by atoms with van der Waals surface area (Å²) < 4.78 is 35.4. The number of hydrogen-bond acceptors (Lipinski definition) is 1. The van der Waals surface area contributed by atoms with E-state index in [1.54, 1.807) is 20.8 Å². The van der Waals surface area contributed by atoms with Gasteiger partial charge in [-0.25, -0.2) is 0 Å². The highest BCUT2D eigenvalue weighted by Crippen LogP contribution is 2.16. The highest BCUT2D eigenvalue weighted by Gasteiger charge is 2.39. The van der Waals surface area contributed by atoms with Gasteiger partial charge in [0.15, 0.2) is 0 Å². The molecule has 13 heavy (non-hydrogen) atoms. The van der Waals surface area contributed by atoms with E-state index in [0.717, 1.165) is 0 Å². The Bertz CT molecular complexity index is 177. The van der Waals surface area contributed by atoms with Crippen LogP contribution in [0.2, 0.25) is 0 Å². The standard InChI is InChI=1S/C8H14F3NO/c1-4-6(5(2)3)12-7(13)8(9,10)11/h5-6H,4H2,1-3H3,(H,12,13)/t6-/m1/s1. The van der Waals surface area contributed by atoms with E-state index in [2.05, 4.69) is 0 Å². The summed E-state index contributed by atoms with van der Waals surface area (Å²) in [5.41, 5.74) is 0. The monoisotopic (exact) mass is 197 g/mol.